The number of hydrogen-bond donors (Lipinski definition) is 2. The SMILES string of the molecule is Cc1ccc(NCC(=O)NCc2ccc(F)cc2)c(Br)c1. The zero-order chi connectivity index (χ0) is 15.2. The Labute approximate surface area is 131 Å². The lowest BCUT2D eigenvalue weighted by Gasteiger charge is -2.10. The van der Waals surface area contributed by atoms with Crippen LogP contribution in [0.1, 0.15) is 11.1 Å². The number of rotatable bonds is 5. The molecule has 0 aliphatic rings. The predicted molar refractivity (Wildman–Crippen MR) is 85.6 cm³/mol. The monoisotopic (exact) mass is 350 g/mol. The first kappa shape index (κ1) is 15.5. The number of aryl methyl sites for hydroxylation is 1. The van der Waals surface area contributed by atoms with Gasteiger partial charge in [-0.3, -0.25) is 4.79 Å². The Hall–Kier alpha value is -1.88. The van der Waals surface area contributed by atoms with E-state index in [1.807, 2.05) is 25.1 Å². The summed E-state index contributed by atoms with van der Waals surface area (Å²) in [6.45, 7) is 2.57. The molecule has 2 rings (SSSR count). The third-order valence-electron chi connectivity index (χ3n) is 2.97. The van der Waals surface area contributed by atoms with Gasteiger partial charge in [0, 0.05) is 16.7 Å². The molecule has 0 aliphatic carbocycles. The average molecular weight is 351 g/mol. The van der Waals surface area contributed by atoms with Gasteiger partial charge in [-0.25, -0.2) is 4.39 Å². The van der Waals surface area contributed by atoms with Gasteiger partial charge in [0.25, 0.3) is 0 Å². The highest BCUT2D eigenvalue weighted by Gasteiger charge is 2.04. The molecule has 0 bridgehead atoms. The largest absolute Gasteiger partial charge is 0.375 e. The molecule has 0 saturated carbocycles. The highest BCUT2D eigenvalue weighted by Crippen LogP contribution is 2.22. The summed E-state index contributed by atoms with van der Waals surface area (Å²) in [5.74, 6) is -0.400. The number of benzene rings is 2. The van der Waals surface area contributed by atoms with Gasteiger partial charge in [-0.1, -0.05) is 18.2 Å². The molecule has 2 N–H and O–H groups in total. The summed E-state index contributed by atoms with van der Waals surface area (Å²) in [5, 5.41) is 5.85. The normalized spacial score (nSPS) is 10.2. The van der Waals surface area contributed by atoms with Crippen LogP contribution < -0.4 is 10.6 Å². The van der Waals surface area contributed by atoms with E-state index in [4.69, 9.17) is 0 Å². The van der Waals surface area contributed by atoms with Crippen LogP contribution in [0.2, 0.25) is 0 Å². The summed E-state index contributed by atoms with van der Waals surface area (Å²) in [6.07, 6.45) is 0. The fraction of sp³-hybridized carbons (Fsp3) is 0.188. The van der Waals surface area contributed by atoms with E-state index in [1.165, 1.54) is 12.1 Å². The van der Waals surface area contributed by atoms with E-state index in [0.717, 1.165) is 21.3 Å². The topological polar surface area (TPSA) is 41.1 Å². The summed E-state index contributed by atoms with van der Waals surface area (Å²) < 4.78 is 13.7. The van der Waals surface area contributed by atoms with E-state index in [0.29, 0.717) is 6.54 Å². The number of amides is 1. The minimum Gasteiger partial charge on any atom is -0.375 e. The Bertz CT molecular complexity index is 629. The number of anilines is 1. The molecule has 3 nitrogen and oxygen atoms in total. The van der Waals surface area contributed by atoms with Gasteiger partial charge in [-0.2, -0.15) is 0 Å². The maximum atomic E-state index is 12.8. The van der Waals surface area contributed by atoms with Crippen molar-refractivity contribution in [1.82, 2.24) is 5.32 Å². The molecule has 0 unspecified atom stereocenters. The Morgan fingerprint density at radius 2 is 1.90 bits per heavy atom. The molecule has 110 valence electrons. The maximum Gasteiger partial charge on any atom is 0.239 e. The van der Waals surface area contributed by atoms with E-state index >= 15 is 0 Å². The maximum absolute atomic E-state index is 12.8. The number of hydrogen-bond acceptors (Lipinski definition) is 2. The summed E-state index contributed by atoms with van der Waals surface area (Å²) in [5.41, 5.74) is 2.88. The van der Waals surface area contributed by atoms with Crippen LogP contribution in [0.5, 0.6) is 0 Å². The van der Waals surface area contributed by atoms with E-state index in [-0.39, 0.29) is 18.3 Å². The number of nitrogens with one attached hydrogen (secondary N) is 2. The van der Waals surface area contributed by atoms with Crippen molar-refractivity contribution in [3.8, 4) is 0 Å². The van der Waals surface area contributed by atoms with Crippen molar-refractivity contribution < 1.29 is 9.18 Å². The quantitative estimate of drug-likeness (QED) is 0.864. The summed E-state index contributed by atoms with van der Waals surface area (Å²) in [6, 6.07) is 11.9. The molecule has 0 spiro atoms. The molecule has 0 saturated heterocycles. The molecule has 0 heterocycles. The van der Waals surface area contributed by atoms with E-state index in [9.17, 15) is 9.18 Å². The van der Waals surface area contributed by atoms with Crippen LogP contribution in [0.25, 0.3) is 0 Å². The standard InChI is InChI=1S/C16H16BrFN2O/c1-11-2-7-15(14(17)8-11)19-10-16(21)20-9-12-3-5-13(18)6-4-12/h2-8,19H,9-10H2,1H3,(H,20,21). The smallest absolute Gasteiger partial charge is 0.239 e. The molecule has 2 aromatic rings. The van der Waals surface area contributed by atoms with Gasteiger partial charge in [0.15, 0.2) is 0 Å². The third-order valence-corrected chi connectivity index (χ3v) is 3.62. The van der Waals surface area contributed by atoms with Gasteiger partial charge in [-0.05, 0) is 58.2 Å². The van der Waals surface area contributed by atoms with Gasteiger partial charge in [0.2, 0.25) is 5.91 Å². The second-order valence-corrected chi connectivity index (χ2v) is 5.59. The molecule has 0 aromatic heterocycles. The number of halogens is 2. The van der Waals surface area contributed by atoms with Crippen molar-refractivity contribution in [2.75, 3.05) is 11.9 Å². The summed E-state index contributed by atoms with van der Waals surface area (Å²) >= 11 is 3.45. The molecule has 21 heavy (non-hydrogen) atoms. The fourth-order valence-corrected chi connectivity index (χ4v) is 2.44. The second kappa shape index (κ2) is 7.22. The number of carbonyl (C=O) groups excluding carboxylic acids is 1. The van der Waals surface area contributed by atoms with Gasteiger partial charge in [0.1, 0.15) is 5.82 Å². The van der Waals surface area contributed by atoms with Gasteiger partial charge in [-0.15, -0.1) is 0 Å². The van der Waals surface area contributed by atoms with Crippen molar-refractivity contribution in [1.29, 1.82) is 0 Å². The van der Waals surface area contributed by atoms with Crippen LogP contribution in [-0.4, -0.2) is 12.5 Å². The van der Waals surface area contributed by atoms with E-state index in [2.05, 4.69) is 26.6 Å². The van der Waals surface area contributed by atoms with E-state index in [1.54, 1.807) is 12.1 Å². The lowest BCUT2D eigenvalue weighted by atomic mass is 10.2. The predicted octanol–water partition coefficient (Wildman–Crippen LogP) is 3.62. The van der Waals surface area contributed by atoms with Crippen molar-refractivity contribution in [2.45, 2.75) is 13.5 Å². The van der Waals surface area contributed by atoms with Gasteiger partial charge in [0.05, 0.1) is 6.54 Å². The lowest BCUT2D eigenvalue weighted by Crippen LogP contribution is -2.29. The van der Waals surface area contributed by atoms with Crippen LogP contribution in [0.3, 0.4) is 0 Å². The van der Waals surface area contributed by atoms with Crippen molar-refractivity contribution >= 4 is 27.5 Å². The first-order valence-electron chi connectivity index (χ1n) is 6.56. The first-order chi connectivity index (χ1) is 10.0. The van der Waals surface area contributed by atoms with Gasteiger partial charge >= 0.3 is 0 Å². The van der Waals surface area contributed by atoms with Crippen LogP contribution in [0.15, 0.2) is 46.9 Å². The molecule has 5 heteroatoms. The Balaban J connectivity index is 1.80. The fourth-order valence-electron chi connectivity index (χ4n) is 1.80. The van der Waals surface area contributed by atoms with Crippen LogP contribution in [0.4, 0.5) is 10.1 Å². The molecular formula is C16H16BrFN2O. The van der Waals surface area contributed by atoms with Crippen LogP contribution in [0, 0.1) is 12.7 Å². The Morgan fingerprint density at radius 1 is 1.19 bits per heavy atom. The summed E-state index contributed by atoms with van der Waals surface area (Å²) in [4.78, 5) is 11.8. The van der Waals surface area contributed by atoms with Crippen molar-refractivity contribution in [3.05, 3.63) is 63.9 Å². The zero-order valence-corrected chi connectivity index (χ0v) is 13.2. The Morgan fingerprint density at radius 3 is 2.57 bits per heavy atom. The third kappa shape index (κ3) is 4.86. The average Bonchev–Trinajstić information content (AvgIpc) is 2.46. The highest BCUT2D eigenvalue weighted by atomic mass is 79.9. The van der Waals surface area contributed by atoms with Crippen LogP contribution in [-0.2, 0) is 11.3 Å². The molecule has 0 aliphatic heterocycles. The first-order valence-corrected chi connectivity index (χ1v) is 7.35. The second-order valence-electron chi connectivity index (χ2n) is 4.74. The molecule has 0 fully saturated rings. The van der Waals surface area contributed by atoms with Crippen molar-refractivity contribution in [2.24, 2.45) is 0 Å². The molecule has 1 amide bonds. The van der Waals surface area contributed by atoms with Crippen LogP contribution >= 0.6 is 15.9 Å². The van der Waals surface area contributed by atoms with Gasteiger partial charge < -0.3 is 10.6 Å². The Kier molecular flexibility index (Phi) is 5.33. The minimum absolute atomic E-state index is 0.119. The van der Waals surface area contributed by atoms with E-state index < -0.39 is 0 Å². The molecule has 0 radical (unpaired) electrons. The molecular weight excluding hydrogens is 335 g/mol. The van der Waals surface area contributed by atoms with Crippen molar-refractivity contribution in [3.63, 3.8) is 0 Å². The summed E-state index contributed by atoms with van der Waals surface area (Å²) in [7, 11) is 0. The minimum atomic E-state index is -0.282. The molecule has 0 atom stereocenters. The lowest BCUT2D eigenvalue weighted by molar-refractivity contribution is -0.119. The highest BCUT2D eigenvalue weighted by molar-refractivity contribution is 9.10. The molecule has 2 aromatic carbocycles. The zero-order valence-electron chi connectivity index (χ0n) is 11.6. The number of carbonyl (C=O) groups is 1.